The van der Waals surface area contributed by atoms with Crippen molar-refractivity contribution < 1.29 is 14.4 Å². The zero-order valence-corrected chi connectivity index (χ0v) is 12.6. The Labute approximate surface area is 130 Å². The average Bonchev–Trinajstić information content (AvgIpc) is 2.61. The molecular formula is C15H22N4O3. The first-order valence-corrected chi connectivity index (χ1v) is 7.91. The molecule has 0 spiro atoms. The van der Waals surface area contributed by atoms with Gasteiger partial charge in [0.25, 0.3) is 0 Å². The van der Waals surface area contributed by atoms with E-state index in [2.05, 4.69) is 20.3 Å². The Balaban J connectivity index is 1.49. The zero-order chi connectivity index (χ0) is 15.2. The maximum Gasteiger partial charge on any atom is 0.248 e. The fraction of sp³-hybridized carbons (Fsp3) is 0.667. The average molecular weight is 306 g/mol. The number of nitrogens with zero attached hydrogens (tertiary/aromatic N) is 3. The van der Waals surface area contributed by atoms with Crippen LogP contribution < -0.4 is 10.4 Å². The number of rotatable bonds is 4. The molecular weight excluding hydrogens is 284 g/mol. The molecule has 2 aliphatic rings. The first kappa shape index (κ1) is 15.2. The summed E-state index contributed by atoms with van der Waals surface area (Å²) in [5, 5.41) is 0. The molecule has 0 saturated carbocycles. The number of hydrogen-bond donors (Lipinski definition) is 1. The second-order valence-electron chi connectivity index (χ2n) is 5.73. The SMILES string of the molecule is O=C(NOC1CCCCO1)C1CCCN(c2cnccn2)C1. The van der Waals surface area contributed by atoms with Crippen LogP contribution in [0.2, 0.25) is 0 Å². The van der Waals surface area contributed by atoms with Gasteiger partial charge in [-0.25, -0.2) is 15.3 Å². The molecule has 120 valence electrons. The van der Waals surface area contributed by atoms with E-state index in [4.69, 9.17) is 9.57 Å². The van der Waals surface area contributed by atoms with Crippen molar-refractivity contribution in [1.29, 1.82) is 0 Å². The maximum atomic E-state index is 12.3. The Bertz CT molecular complexity index is 479. The minimum absolute atomic E-state index is 0.0808. The first-order valence-electron chi connectivity index (χ1n) is 7.91. The third-order valence-electron chi connectivity index (χ3n) is 4.09. The van der Waals surface area contributed by atoms with Gasteiger partial charge < -0.3 is 9.64 Å². The van der Waals surface area contributed by atoms with E-state index in [1.807, 2.05) is 0 Å². The first-order chi connectivity index (χ1) is 10.8. The lowest BCUT2D eigenvalue weighted by Crippen LogP contribution is -2.44. The van der Waals surface area contributed by atoms with E-state index in [1.54, 1.807) is 18.6 Å². The minimum Gasteiger partial charge on any atom is -0.355 e. The molecule has 2 atom stereocenters. The summed E-state index contributed by atoms with van der Waals surface area (Å²) in [4.78, 5) is 28.1. The smallest absolute Gasteiger partial charge is 0.248 e. The van der Waals surface area contributed by atoms with Crippen molar-refractivity contribution in [2.75, 3.05) is 24.6 Å². The van der Waals surface area contributed by atoms with E-state index in [1.165, 1.54) is 0 Å². The molecule has 2 aliphatic heterocycles. The van der Waals surface area contributed by atoms with Crippen molar-refractivity contribution in [2.24, 2.45) is 5.92 Å². The van der Waals surface area contributed by atoms with E-state index in [9.17, 15) is 4.79 Å². The largest absolute Gasteiger partial charge is 0.355 e. The van der Waals surface area contributed by atoms with Gasteiger partial charge in [0.05, 0.1) is 12.1 Å². The lowest BCUT2D eigenvalue weighted by molar-refractivity contribution is -0.202. The fourth-order valence-electron chi connectivity index (χ4n) is 2.87. The summed E-state index contributed by atoms with van der Waals surface area (Å²) in [6.45, 7) is 2.24. The molecule has 0 radical (unpaired) electrons. The molecule has 0 bridgehead atoms. The molecule has 2 saturated heterocycles. The van der Waals surface area contributed by atoms with Gasteiger partial charge in [-0.15, -0.1) is 0 Å². The molecule has 0 aromatic carbocycles. The number of nitrogens with one attached hydrogen (secondary N) is 1. The van der Waals surface area contributed by atoms with Crippen molar-refractivity contribution in [1.82, 2.24) is 15.4 Å². The molecule has 7 heteroatoms. The number of carbonyl (C=O) groups excluding carboxylic acids is 1. The monoisotopic (exact) mass is 306 g/mol. The zero-order valence-electron chi connectivity index (χ0n) is 12.6. The van der Waals surface area contributed by atoms with Gasteiger partial charge >= 0.3 is 0 Å². The Morgan fingerprint density at radius 1 is 1.32 bits per heavy atom. The number of aromatic nitrogens is 2. The van der Waals surface area contributed by atoms with Gasteiger partial charge in [-0.1, -0.05) is 0 Å². The molecule has 1 N–H and O–H groups in total. The van der Waals surface area contributed by atoms with E-state index >= 15 is 0 Å². The summed E-state index contributed by atoms with van der Waals surface area (Å²) < 4.78 is 5.44. The van der Waals surface area contributed by atoms with Crippen LogP contribution in [0.3, 0.4) is 0 Å². The Morgan fingerprint density at radius 3 is 3.05 bits per heavy atom. The van der Waals surface area contributed by atoms with Crippen molar-refractivity contribution >= 4 is 11.7 Å². The van der Waals surface area contributed by atoms with Gasteiger partial charge in [-0.2, -0.15) is 0 Å². The van der Waals surface area contributed by atoms with Gasteiger partial charge in [0.15, 0.2) is 6.29 Å². The third kappa shape index (κ3) is 3.92. The topological polar surface area (TPSA) is 76.6 Å². The summed E-state index contributed by atoms with van der Waals surface area (Å²) in [7, 11) is 0. The quantitative estimate of drug-likeness (QED) is 0.844. The number of ether oxygens (including phenoxy) is 1. The van der Waals surface area contributed by atoms with Crippen LogP contribution >= 0.6 is 0 Å². The normalized spacial score (nSPS) is 25.7. The lowest BCUT2D eigenvalue weighted by atomic mass is 9.97. The Morgan fingerprint density at radius 2 is 2.27 bits per heavy atom. The summed E-state index contributed by atoms with van der Waals surface area (Å²) in [5.41, 5.74) is 2.57. The molecule has 2 fully saturated rings. The highest BCUT2D eigenvalue weighted by atomic mass is 16.8. The van der Waals surface area contributed by atoms with Crippen LogP contribution in [0.1, 0.15) is 32.1 Å². The number of hydroxylamine groups is 1. The standard InChI is InChI=1S/C15H22N4O3/c20-15(18-22-14-5-1-2-9-21-14)12-4-3-8-19(11-12)13-10-16-6-7-17-13/h6-7,10,12,14H,1-5,8-9,11H2,(H,18,20). The maximum absolute atomic E-state index is 12.3. The van der Waals surface area contributed by atoms with Crippen LogP contribution in [0, 0.1) is 5.92 Å². The molecule has 1 aromatic heterocycles. The molecule has 2 unspecified atom stereocenters. The number of amides is 1. The number of carbonyl (C=O) groups is 1. The highest BCUT2D eigenvalue weighted by Gasteiger charge is 2.27. The minimum atomic E-state index is -0.308. The number of anilines is 1. The van der Waals surface area contributed by atoms with Gasteiger partial charge in [-0.3, -0.25) is 9.78 Å². The van der Waals surface area contributed by atoms with Crippen LogP contribution in [0.5, 0.6) is 0 Å². The van der Waals surface area contributed by atoms with Crippen molar-refractivity contribution in [3.63, 3.8) is 0 Å². The second-order valence-corrected chi connectivity index (χ2v) is 5.73. The van der Waals surface area contributed by atoms with E-state index in [0.717, 1.165) is 44.5 Å². The van der Waals surface area contributed by atoms with Gasteiger partial charge in [0.2, 0.25) is 5.91 Å². The molecule has 0 aliphatic carbocycles. The van der Waals surface area contributed by atoms with Crippen LogP contribution in [0.15, 0.2) is 18.6 Å². The Kier molecular flexibility index (Phi) is 5.18. The predicted molar refractivity (Wildman–Crippen MR) is 79.8 cm³/mol. The lowest BCUT2D eigenvalue weighted by Gasteiger charge is -2.32. The number of hydrogen-bond acceptors (Lipinski definition) is 6. The summed E-state index contributed by atoms with van der Waals surface area (Å²) in [6.07, 6.45) is 9.51. The Hall–Kier alpha value is -1.73. The van der Waals surface area contributed by atoms with Crippen molar-refractivity contribution in [2.45, 2.75) is 38.4 Å². The van der Waals surface area contributed by atoms with Gasteiger partial charge in [-0.05, 0) is 25.7 Å². The molecule has 1 aromatic rings. The molecule has 1 amide bonds. The highest BCUT2D eigenvalue weighted by Crippen LogP contribution is 2.21. The summed E-state index contributed by atoms with van der Waals surface area (Å²) >= 11 is 0. The predicted octanol–water partition coefficient (Wildman–Crippen LogP) is 1.27. The molecule has 22 heavy (non-hydrogen) atoms. The van der Waals surface area contributed by atoms with Crippen molar-refractivity contribution in [3.05, 3.63) is 18.6 Å². The highest BCUT2D eigenvalue weighted by molar-refractivity contribution is 5.78. The fourth-order valence-corrected chi connectivity index (χ4v) is 2.87. The third-order valence-corrected chi connectivity index (χ3v) is 4.09. The molecule has 3 heterocycles. The van der Waals surface area contributed by atoms with Crippen LogP contribution in [0.25, 0.3) is 0 Å². The van der Waals surface area contributed by atoms with E-state index in [0.29, 0.717) is 13.2 Å². The van der Waals surface area contributed by atoms with Gasteiger partial charge in [0.1, 0.15) is 5.82 Å². The van der Waals surface area contributed by atoms with Gasteiger partial charge in [0, 0.05) is 38.5 Å². The van der Waals surface area contributed by atoms with E-state index in [-0.39, 0.29) is 18.1 Å². The summed E-state index contributed by atoms with van der Waals surface area (Å²) in [6, 6.07) is 0. The van der Waals surface area contributed by atoms with Crippen LogP contribution in [-0.2, 0) is 14.4 Å². The second kappa shape index (κ2) is 7.51. The molecule has 7 nitrogen and oxygen atoms in total. The molecule has 3 rings (SSSR count). The van der Waals surface area contributed by atoms with Crippen LogP contribution in [-0.4, -0.2) is 41.9 Å². The van der Waals surface area contributed by atoms with Crippen LogP contribution in [0.4, 0.5) is 5.82 Å². The summed E-state index contributed by atoms with van der Waals surface area (Å²) in [5.74, 6) is 0.638. The van der Waals surface area contributed by atoms with Crippen molar-refractivity contribution in [3.8, 4) is 0 Å². The van der Waals surface area contributed by atoms with E-state index < -0.39 is 0 Å². The number of piperidine rings is 1.